The van der Waals surface area contributed by atoms with Gasteiger partial charge >= 0.3 is 0 Å². The van der Waals surface area contributed by atoms with Crippen LogP contribution >= 0.6 is 11.3 Å². The first-order valence-corrected chi connectivity index (χ1v) is 6.21. The summed E-state index contributed by atoms with van der Waals surface area (Å²) in [5.41, 5.74) is 0.827. The van der Waals surface area contributed by atoms with Gasteiger partial charge in [-0.3, -0.25) is 9.20 Å². The minimum atomic E-state index is 0.0412. The molecule has 2 rings (SSSR count). The SMILES string of the molecule is CC(C)CNC(=O)Cc1cn2ccsc2n1. The van der Waals surface area contributed by atoms with Gasteiger partial charge in [0.25, 0.3) is 0 Å². The van der Waals surface area contributed by atoms with E-state index < -0.39 is 0 Å². The second-order valence-corrected chi connectivity index (χ2v) is 5.07. The molecule has 0 bridgehead atoms. The highest BCUT2D eigenvalue weighted by molar-refractivity contribution is 7.15. The van der Waals surface area contributed by atoms with E-state index in [1.165, 1.54) is 0 Å². The van der Waals surface area contributed by atoms with Crippen LogP contribution in [0.5, 0.6) is 0 Å². The Morgan fingerprint density at radius 2 is 2.44 bits per heavy atom. The molecular formula is C11H15N3OS. The number of carbonyl (C=O) groups excluding carboxylic acids is 1. The van der Waals surface area contributed by atoms with E-state index in [9.17, 15) is 4.79 Å². The molecule has 0 saturated carbocycles. The number of nitrogens with one attached hydrogen (secondary N) is 1. The van der Waals surface area contributed by atoms with Gasteiger partial charge in [0.2, 0.25) is 5.91 Å². The van der Waals surface area contributed by atoms with Crippen LogP contribution in [0.4, 0.5) is 0 Å². The fraction of sp³-hybridized carbons (Fsp3) is 0.455. The summed E-state index contributed by atoms with van der Waals surface area (Å²) >= 11 is 1.57. The minimum Gasteiger partial charge on any atom is -0.356 e. The number of hydrogen-bond acceptors (Lipinski definition) is 3. The molecule has 0 spiro atoms. The normalized spacial score (nSPS) is 11.2. The molecule has 0 aliphatic carbocycles. The number of amides is 1. The summed E-state index contributed by atoms with van der Waals surface area (Å²) in [6.45, 7) is 4.88. The average Bonchev–Trinajstić information content (AvgIpc) is 2.74. The van der Waals surface area contributed by atoms with E-state index in [2.05, 4.69) is 24.1 Å². The van der Waals surface area contributed by atoms with Gasteiger partial charge in [-0.25, -0.2) is 4.98 Å². The molecule has 86 valence electrons. The first-order chi connectivity index (χ1) is 7.65. The van der Waals surface area contributed by atoms with Gasteiger partial charge in [-0.2, -0.15) is 0 Å². The van der Waals surface area contributed by atoms with Crippen LogP contribution in [-0.2, 0) is 11.2 Å². The highest BCUT2D eigenvalue weighted by Gasteiger charge is 2.08. The van der Waals surface area contributed by atoms with Gasteiger partial charge in [-0.05, 0) is 5.92 Å². The summed E-state index contributed by atoms with van der Waals surface area (Å²) in [4.78, 5) is 16.9. The van der Waals surface area contributed by atoms with Crippen LogP contribution in [0.2, 0.25) is 0 Å². The van der Waals surface area contributed by atoms with Crippen molar-refractivity contribution < 1.29 is 4.79 Å². The van der Waals surface area contributed by atoms with E-state index in [0.717, 1.165) is 17.2 Å². The lowest BCUT2D eigenvalue weighted by Gasteiger charge is -2.05. The van der Waals surface area contributed by atoms with Crippen molar-refractivity contribution in [2.75, 3.05) is 6.54 Å². The van der Waals surface area contributed by atoms with E-state index >= 15 is 0 Å². The molecule has 4 nitrogen and oxygen atoms in total. The van der Waals surface area contributed by atoms with Crippen LogP contribution < -0.4 is 5.32 Å². The number of hydrogen-bond donors (Lipinski definition) is 1. The molecule has 0 aromatic carbocycles. The Balaban J connectivity index is 1.94. The molecule has 0 unspecified atom stereocenters. The highest BCUT2D eigenvalue weighted by Crippen LogP contribution is 2.11. The molecule has 1 N–H and O–H groups in total. The van der Waals surface area contributed by atoms with Crippen LogP contribution in [0.25, 0.3) is 4.96 Å². The number of nitrogens with zero attached hydrogens (tertiary/aromatic N) is 2. The van der Waals surface area contributed by atoms with Crippen LogP contribution in [-0.4, -0.2) is 21.8 Å². The van der Waals surface area contributed by atoms with Gasteiger partial charge in [-0.1, -0.05) is 13.8 Å². The van der Waals surface area contributed by atoms with Gasteiger partial charge in [0.05, 0.1) is 12.1 Å². The van der Waals surface area contributed by atoms with Crippen molar-refractivity contribution in [3.63, 3.8) is 0 Å². The molecule has 0 aliphatic rings. The number of imidazole rings is 1. The van der Waals surface area contributed by atoms with Gasteiger partial charge in [0, 0.05) is 24.3 Å². The molecule has 0 aliphatic heterocycles. The van der Waals surface area contributed by atoms with E-state index in [0.29, 0.717) is 12.3 Å². The zero-order valence-electron chi connectivity index (χ0n) is 9.43. The molecular weight excluding hydrogens is 222 g/mol. The fourth-order valence-corrected chi connectivity index (χ4v) is 2.13. The van der Waals surface area contributed by atoms with E-state index in [4.69, 9.17) is 0 Å². The number of fused-ring (bicyclic) bond motifs is 1. The standard InChI is InChI=1S/C11H15N3OS/c1-8(2)6-12-10(15)5-9-7-14-3-4-16-11(14)13-9/h3-4,7-8H,5-6H2,1-2H3,(H,12,15). The third-order valence-corrected chi connectivity index (χ3v) is 2.96. The van der Waals surface area contributed by atoms with Crippen molar-refractivity contribution in [1.82, 2.24) is 14.7 Å². The topological polar surface area (TPSA) is 46.4 Å². The molecule has 2 heterocycles. The Labute approximate surface area is 98.3 Å². The predicted octanol–water partition coefficient (Wildman–Crippen LogP) is 1.71. The van der Waals surface area contributed by atoms with Gasteiger partial charge < -0.3 is 5.32 Å². The Kier molecular flexibility index (Phi) is 3.24. The van der Waals surface area contributed by atoms with Crippen molar-refractivity contribution in [3.8, 4) is 0 Å². The molecule has 0 saturated heterocycles. The fourth-order valence-electron chi connectivity index (χ4n) is 1.41. The molecule has 0 atom stereocenters. The molecule has 0 fully saturated rings. The number of carbonyl (C=O) groups is 1. The lowest BCUT2D eigenvalue weighted by atomic mass is 10.2. The van der Waals surface area contributed by atoms with Crippen LogP contribution in [0.15, 0.2) is 17.8 Å². The Hall–Kier alpha value is -1.36. The van der Waals surface area contributed by atoms with Crippen LogP contribution in [0.1, 0.15) is 19.5 Å². The number of rotatable bonds is 4. The summed E-state index contributed by atoms with van der Waals surface area (Å²) < 4.78 is 1.94. The molecule has 1 amide bonds. The van der Waals surface area contributed by atoms with Gasteiger partial charge in [-0.15, -0.1) is 11.3 Å². The van der Waals surface area contributed by atoms with E-state index in [1.54, 1.807) is 11.3 Å². The Morgan fingerprint density at radius 3 is 3.12 bits per heavy atom. The zero-order valence-corrected chi connectivity index (χ0v) is 10.3. The van der Waals surface area contributed by atoms with E-state index in [-0.39, 0.29) is 5.91 Å². The third kappa shape index (κ3) is 2.61. The molecule has 2 aromatic rings. The summed E-state index contributed by atoms with van der Waals surface area (Å²) in [7, 11) is 0. The van der Waals surface area contributed by atoms with E-state index in [1.807, 2.05) is 22.2 Å². The third-order valence-electron chi connectivity index (χ3n) is 2.19. The average molecular weight is 237 g/mol. The van der Waals surface area contributed by atoms with Crippen molar-refractivity contribution in [2.45, 2.75) is 20.3 Å². The highest BCUT2D eigenvalue weighted by atomic mass is 32.1. The van der Waals surface area contributed by atoms with Crippen LogP contribution in [0.3, 0.4) is 0 Å². The smallest absolute Gasteiger partial charge is 0.226 e. The number of thiazole rings is 1. The quantitative estimate of drug-likeness (QED) is 0.880. The van der Waals surface area contributed by atoms with Gasteiger partial charge in [0.1, 0.15) is 0 Å². The molecule has 16 heavy (non-hydrogen) atoms. The summed E-state index contributed by atoms with van der Waals surface area (Å²) in [5.74, 6) is 0.522. The monoisotopic (exact) mass is 237 g/mol. The Morgan fingerprint density at radius 1 is 1.62 bits per heavy atom. The molecule has 5 heteroatoms. The Bertz CT molecular complexity index is 458. The van der Waals surface area contributed by atoms with Crippen molar-refractivity contribution in [2.24, 2.45) is 5.92 Å². The van der Waals surface area contributed by atoms with Crippen LogP contribution in [0, 0.1) is 5.92 Å². The largest absolute Gasteiger partial charge is 0.356 e. The lowest BCUT2D eigenvalue weighted by Crippen LogP contribution is -2.28. The molecule has 2 aromatic heterocycles. The first kappa shape index (κ1) is 11.1. The van der Waals surface area contributed by atoms with Crippen molar-refractivity contribution in [1.29, 1.82) is 0 Å². The predicted molar refractivity (Wildman–Crippen MR) is 64.6 cm³/mol. The maximum Gasteiger partial charge on any atom is 0.226 e. The summed E-state index contributed by atoms with van der Waals surface area (Å²) in [6, 6.07) is 0. The zero-order chi connectivity index (χ0) is 11.5. The maximum atomic E-state index is 11.6. The number of aromatic nitrogens is 2. The summed E-state index contributed by atoms with van der Waals surface area (Å²) in [5, 5.41) is 4.86. The first-order valence-electron chi connectivity index (χ1n) is 5.33. The minimum absolute atomic E-state index is 0.0412. The van der Waals surface area contributed by atoms with Gasteiger partial charge in [0.15, 0.2) is 4.96 Å². The van der Waals surface area contributed by atoms with Crippen molar-refractivity contribution >= 4 is 22.2 Å². The summed E-state index contributed by atoms with van der Waals surface area (Å²) in [6.07, 6.45) is 4.21. The molecule has 0 radical (unpaired) electrons. The second kappa shape index (κ2) is 4.65. The lowest BCUT2D eigenvalue weighted by molar-refractivity contribution is -0.120. The van der Waals surface area contributed by atoms with Crippen molar-refractivity contribution in [3.05, 3.63) is 23.5 Å². The second-order valence-electron chi connectivity index (χ2n) is 4.20. The maximum absolute atomic E-state index is 11.6.